The van der Waals surface area contributed by atoms with Gasteiger partial charge in [-0.25, -0.2) is 0 Å². The number of hydrazine groups is 1. The summed E-state index contributed by atoms with van der Waals surface area (Å²) >= 11 is 0. The molecule has 0 radical (unpaired) electrons. The largest absolute Gasteiger partial charge is 0.297 e. The molecule has 3 N–H and O–H groups in total. The number of nitrogens with two attached hydrogens (primary N) is 1. The molecule has 0 saturated carbocycles. The lowest BCUT2D eigenvalue weighted by Gasteiger charge is -2.43. The average Bonchev–Trinajstić information content (AvgIpc) is 2.78. The summed E-state index contributed by atoms with van der Waals surface area (Å²) in [6.07, 6.45) is 7.53. The molecule has 118 valence electrons. The fourth-order valence-corrected chi connectivity index (χ4v) is 3.46. The monoisotopic (exact) mass is 289 g/mol. The Hall–Kier alpha value is -0.900. The molecule has 0 amide bonds. The van der Waals surface area contributed by atoms with Crippen molar-refractivity contribution in [1.82, 2.24) is 10.3 Å². The number of rotatable bonds is 6. The van der Waals surface area contributed by atoms with Crippen LogP contribution in [0.5, 0.6) is 0 Å². The van der Waals surface area contributed by atoms with E-state index in [1.807, 2.05) is 0 Å². The van der Waals surface area contributed by atoms with Gasteiger partial charge in [-0.1, -0.05) is 43.2 Å². The second kappa shape index (κ2) is 7.92. The molecule has 3 nitrogen and oxygen atoms in total. The van der Waals surface area contributed by atoms with Crippen molar-refractivity contribution in [2.24, 2.45) is 5.84 Å². The Kier molecular flexibility index (Phi) is 6.22. The van der Waals surface area contributed by atoms with Crippen molar-refractivity contribution in [3.63, 3.8) is 0 Å². The smallest absolute Gasteiger partial charge is 0.0392 e. The van der Waals surface area contributed by atoms with Crippen molar-refractivity contribution < 1.29 is 0 Å². The molecule has 1 aliphatic rings. The first-order valence-corrected chi connectivity index (χ1v) is 8.39. The lowest BCUT2D eigenvalue weighted by atomic mass is 9.88. The minimum atomic E-state index is 0.105. The SMILES string of the molecule is CC(C)(C(CCc1ccccc1)NN)N1CCCCCC1. The number of benzene rings is 1. The Labute approximate surface area is 129 Å². The van der Waals surface area contributed by atoms with Gasteiger partial charge in [-0.3, -0.25) is 16.2 Å². The number of nitrogens with one attached hydrogen (secondary N) is 1. The molecule has 1 unspecified atom stereocenters. The molecule has 1 fully saturated rings. The summed E-state index contributed by atoms with van der Waals surface area (Å²) in [4.78, 5) is 2.63. The van der Waals surface area contributed by atoms with E-state index in [9.17, 15) is 0 Å². The van der Waals surface area contributed by atoms with Gasteiger partial charge in [0.1, 0.15) is 0 Å². The van der Waals surface area contributed by atoms with Gasteiger partial charge >= 0.3 is 0 Å². The molecule has 1 saturated heterocycles. The Morgan fingerprint density at radius 1 is 1.10 bits per heavy atom. The third kappa shape index (κ3) is 4.53. The van der Waals surface area contributed by atoms with E-state index in [0.29, 0.717) is 6.04 Å². The van der Waals surface area contributed by atoms with Crippen molar-refractivity contribution in [2.45, 2.75) is 64.0 Å². The van der Waals surface area contributed by atoms with Gasteiger partial charge in [0.05, 0.1) is 0 Å². The highest BCUT2D eigenvalue weighted by molar-refractivity contribution is 5.15. The summed E-state index contributed by atoms with van der Waals surface area (Å²) in [5.74, 6) is 5.89. The lowest BCUT2D eigenvalue weighted by Crippen LogP contribution is -2.59. The Bertz CT molecular complexity index is 394. The van der Waals surface area contributed by atoms with Crippen molar-refractivity contribution in [3.05, 3.63) is 35.9 Å². The van der Waals surface area contributed by atoms with Crippen molar-refractivity contribution in [3.8, 4) is 0 Å². The van der Waals surface area contributed by atoms with Crippen LogP contribution in [0.4, 0.5) is 0 Å². The van der Waals surface area contributed by atoms with E-state index in [1.54, 1.807) is 0 Å². The Morgan fingerprint density at radius 2 is 1.71 bits per heavy atom. The van der Waals surface area contributed by atoms with Crippen LogP contribution in [-0.2, 0) is 6.42 Å². The predicted octanol–water partition coefficient (Wildman–Crippen LogP) is 3.11. The minimum absolute atomic E-state index is 0.105. The predicted molar refractivity (Wildman–Crippen MR) is 90.0 cm³/mol. The molecule has 2 rings (SSSR count). The van der Waals surface area contributed by atoms with E-state index in [-0.39, 0.29) is 5.54 Å². The summed E-state index contributed by atoms with van der Waals surface area (Å²) < 4.78 is 0. The van der Waals surface area contributed by atoms with Gasteiger partial charge in [0.25, 0.3) is 0 Å². The standard InChI is InChI=1S/C18H31N3/c1-18(2,21-14-8-3-4-9-15-21)17(20-19)13-12-16-10-6-5-7-11-16/h5-7,10-11,17,20H,3-4,8-9,12-15,19H2,1-2H3. The molecule has 1 aliphatic heterocycles. The van der Waals surface area contributed by atoms with Crippen LogP contribution < -0.4 is 11.3 Å². The number of nitrogens with zero attached hydrogens (tertiary/aromatic N) is 1. The highest BCUT2D eigenvalue weighted by Gasteiger charge is 2.34. The molecule has 1 atom stereocenters. The van der Waals surface area contributed by atoms with E-state index in [0.717, 1.165) is 12.8 Å². The van der Waals surface area contributed by atoms with Gasteiger partial charge in [0, 0.05) is 11.6 Å². The second-order valence-corrected chi connectivity index (χ2v) is 6.80. The third-order valence-electron chi connectivity index (χ3n) is 5.04. The van der Waals surface area contributed by atoms with Gasteiger partial charge in [-0.15, -0.1) is 0 Å². The van der Waals surface area contributed by atoms with Crippen molar-refractivity contribution in [1.29, 1.82) is 0 Å². The van der Waals surface area contributed by atoms with Gasteiger partial charge in [-0.05, 0) is 58.2 Å². The number of likely N-dealkylation sites (tertiary alicyclic amines) is 1. The first-order chi connectivity index (χ1) is 10.1. The summed E-state index contributed by atoms with van der Waals surface area (Å²) in [5, 5.41) is 0. The van der Waals surface area contributed by atoms with Crippen LogP contribution in [0.1, 0.15) is 51.5 Å². The lowest BCUT2D eigenvalue weighted by molar-refractivity contribution is 0.0802. The van der Waals surface area contributed by atoms with E-state index in [2.05, 4.69) is 54.5 Å². The minimum Gasteiger partial charge on any atom is -0.297 e. The van der Waals surface area contributed by atoms with Gasteiger partial charge in [0.15, 0.2) is 0 Å². The molecule has 1 heterocycles. The second-order valence-electron chi connectivity index (χ2n) is 6.80. The molecule has 0 spiro atoms. The average molecular weight is 289 g/mol. The van der Waals surface area contributed by atoms with Gasteiger partial charge in [0.2, 0.25) is 0 Å². The molecule has 0 aromatic heterocycles. The van der Waals surface area contributed by atoms with E-state index >= 15 is 0 Å². The summed E-state index contributed by atoms with van der Waals surface area (Å²) in [6, 6.07) is 11.0. The summed E-state index contributed by atoms with van der Waals surface area (Å²) in [6.45, 7) is 7.09. The van der Waals surface area contributed by atoms with Crippen LogP contribution in [-0.4, -0.2) is 29.6 Å². The van der Waals surface area contributed by atoms with Crippen molar-refractivity contribution in [2.75, 3.05) is 13.1 Å². The molecular formula is C18H31N3. The van der Waals surface area contributed by atoms with Crippen molar-refractivity contribution >= 4 is 0 Å². The molecule has 0 bridgehead atoms. The number of hydrogen-bond acceptors (Lipinski definition) is 3. The zero-order chi connectivity index (χ0) is 15.1. The zero-order valence-electron chi connectivity index (χ0n) is 13.6. The third-order valence-corrected chi connectivity index (χ3v) is 5.04. The van der Waals surface area contributed by atoms with E-state index < -0.39 is 0 Å². The molecule has 1 aromatic rings. The first kappa shape index (κ1) is 16.5. The number of aryl methyl sites for hydroxylation is 1. The highest BCUT2D eigenvalue weighted by Crippen LogP contribution is 2.25. The fourth-order valence-electron chi connectivity index (χ4n) is 3.46. The van der Waals surface area contributed by atoms with Crippen LogP contribution in [0.3, 0.4) is 0 Å². The van der Waals surface area contributed by atoms with Gasteiger partial charge in [-0.2, -0.15) is 0 Å². The molecule has 21 heavy (non-hydrogen) atoms. The zero-order valence-corrected chi connectivity index (χ0v) is 13.6. The summed E-state index contributed by atoms with van der Waals surface area (Å²) in [7, 11) is 0. The van der Waals surface area contributed by atoms with Crippen LogP contribution in [0.25, 0.3) is 0 Å². The van der Waals surface area contributed by atoms with Crippen LogP contribution in [0, 0.1) is 0 Å². The molecular weight excluding hydrogens is 258 g/mol. The van der Waals surface area contributed by atoms with Crippen LogP contribution in [0.15, 0.2) is 30.3 Å². The van der Waals surface area contributed by atoms with Gasteiger partial charge < -0.3 is 0 Å². The van der Waals surface area contributed by atoms with E-state index in [4.69, 9.17) is 5.84 Å². The number of hydrogen-bond donors (Lipinski definition) is 2. The quantitative estimate of drug-likeness (QED) is 0.624. The highest BCUT2D eigenvalue weighted by atomic mass is 15.3. The fraction of sp³-hybridized carbons (Fsp3) is 0.667. The Balaban J connectivity index is 1.97. The topological polar surface area (TPSA) is 41.3 Å². The van der Waals surface area contributed by atoms with Crippen LogP contribution >= 0.6 is 0 Å². The normalized spacial score (nSPS) is 19.2. The van der Waals surface area contributed by atoms with Crippen LogP contribution in [0.2, 0.25) is 0 Å². The van der Waals surface area contributed by atoms with E-state index in [1.165, 1.54) is 44.3 Å². The Morgan fingerprint density at radius 3 is 2.29 bits per heavy atom. The maximum atomic E-state index is 5.89. The maximum Gasteiger partial charge on any atom is 0.0392 e. The maximum absolute atomic E-state index is 5.89. The molecule has 3 heteroatoms. The summed E-state index contributed by atoms with van der Waals surface area (Å²) in [5.41, 5.74) is 4.59. The first-order valence-electron chi connectivity index (χ1n) is 8.39. The molecule has 0 aliphatic carbocycles. The molecule has 1 aromatic carbocycles.